The third kappa shape index (κ3) is 0.895. The topological polar surface area (TPSA) is 39.1 Å². The van der Waals surface area contributed by atoms with Crippen LogP contribution in [0, 0.1) is 0 Å². The summed E-state index contributed by atoms with van der Waals surface area (Å²) < 4.78 is 1.38. The first-order valence-corrected chi connectivity index (χ1v) is 6.28. The molecule has 1 heterocycles. The molecule has 0 amide bonds. The highest BCUT2D eigenvalue weighted by molar-refractivity contribution is 6.74. The van der Waals surface area contributed by atoms with E-state index in [1.54, 1.807) is 0 Å². The van der Waals surface area contributed by atoms with E-state index in [1.165, 1.54) is 4.23 Å². The van der Waals surface area contributed by atoms with Gasteiger partial charge in [0.05, 0.1) is 0 Å². The van der Waals surface area contributed by atoms with Gasteiger partial charge in [0.1, 0.15) is 0 Å². The minimum absolute atomic E-state index is 0.297. The molecule has 0 saturated carbocycles. The molecule has 1 rings (SSSR count). The van der Waals surface area contributed by atoms with Gasteiger partial charge in [-0.1, -0.05) is 19.6 Å². The summed E-state index contributed by atoms with van der Waals surface area (Å²) in [6.45, 7) is 5.90. The molecule has 1 aromatic heterocycles. The average molecular weight is 143 g/mol. The maximum Gasteiger partial charge on any atom is 0.310 e. The van der Waals surface area contributed by atoms with E-state index in [9.17, 15) is 9.59 Å². The van der Waals surface area contributed by atoms with E-state index in [4.69, 9.17) is 0 Å². The van der Waals surface area contributed by atoms with Crippen LogP contribution in [0.2, 0.25) is 19.6 Å². The Bertz CT molecular complexity index is 262. The van der Waals surface area contributed by atoms with Gasteiger partial charge < -0.3 is 0 Å². The van der Waals surface area contributed by atoms with Crippen molar-refractivity contribution in [1.29, 1.82) is 0 Å². The summed E-state index contributed by atoms with van der Waals surface area (Å²) in [6, 6.07) is 0. The summed E-state index contributed by atoms with van der Waals surface area (Å²) >= 11 is 0. The predicted octanol–water partition coefficient (Wildman–Crippen LogP) is -0.233. The van der Waals surface area contributed by atoms with Gasteiger partial charge in [-0.25, -0.2) is 0 Å². The highest BCUT2D eigenvalue weighted by Crippen LogP contribution is 1.98. The number of hydrogen-bond donors (Lipinski definition) is 0. The molecule has 0 aromatic carbocycles. The van der Waals surface area contributed by atoms with Gasteiger partial charge in [0.15, 0.2) is 8.24 Å². The van der Waals surface area contributed by atoms with E-state index in [-0.39, 0.29) is 11.1 Å². The van der Waals surface area contributed by atoms with Crippen LogP contribution in [0.3, 0.4) is 0 Å². The number of rotatable bonds is 1. The largest absolute Gasteiger partial charge is 0.310 e. The summed E-state index contributed by atoms with van der Waals surface area (Å²) in [4.78, 5) is 21.0. The SMILES string of the molecule is C[Si](C)(C)n1c(=O)c1=O. The Kier molecular flexibility index (Phi) is 1.04. The predicted molar refractivity (Wildman–Crippen MR) is 38.1 cm³/mol. The van der Waals surface area contributed by atoms with Crippen LogP contribution in [0.5, 0.6) is 0 Å². The van der Waals surface area contributed by atoms with E-state index < -0.39 is 8.24 Å². The number of hydrogen-bond acceptors (Lipinski definition) is 2. The van der Waals surface area contributed by atoms with E-state index >= 15 is 0 Å². The minimum atomic E-state index is -1.62. The molecule has 4 heteroatoms. The molecule has 0 bridgehead atoms. The summed E-state index contributed by atoms with van der Waals surface area (Å²) in [7, 11) is -1.62. The molecule has 0 aliphatic heterocycles. The molecule has 1 aromatic rings. The standard InChI is InChI=1S/C5H9NO2Si/c1-9(2,3)6-4(7)5(6)8/h1-3H3. The van der Waals surface area contributed by atoms with E-state index in [1.807, 2.05) is 19.6 Å². The molecule has 0 fully saturated rings. The first kappa shape index (κ1) is 6.48. The molecule has 0 radical (unpaired) electrons. The highest BCUT2D eigenvalue weighted by atomic mass is 28.3. The summed E-state index contributed by atoms with van der Waals surface area (Å²) in [5, 5.41) is 0. The minimum Gasteiger partial charge on any atom is -0.296 e. The fraction of sp³-hybridized carbons (Fsp3) is 0.600. The van der Waals surface area contributed by atoms with E-state index in [0.29, 0.717) is 0 Å². The zero-order valence-electron chi connectivity index (χ0n) is 5.76. The zero-order valence-corrected chi connectivity index (χ0v) is 6.76. The molecule has 3 nitrogen and oxygen atoms in total. The molecule has 0 aliphatic rings. The highest BCUT2D eigenvalue weighted by Gasteiger charge is 2.29. The smallest absolute Gasteiger partial charge is 0.296 e. The van der Waals surface area contributed by atoms with Crippen molar-refractivity contribution in [3.63, 3.8) is 0 Å². The Hall–Kier alpha value is -0.643. The zero-order chi connectivity index (χ0) is 7.23. The van der Waals surface area contributed by atoms with Crippen molar-refractivity contribution in [1.82, 2.24) is 4.23 Å². The van der Waals surface area contributed by atoms with Crippen LogP contribution in [0.15, 0.2) is 9.59 Å². The fourth-order valence-corrected chi connectivity index (χ4v) is 2.10. The van der Waals surface area contributed by atoms with Crippen LogP contribution in [-0.4, -0.2) is 12.5 Å². The maximum absolute atomic E-state index is 10.5. The summed E-state index contributed by atoms with van der Waals surface area (Å²) in [6.07, 6.45) is 0. The van der Waals surface area contributed by atoms with Gasteiger partial charge in [-0.3, -0.25) is 13.8 Å². The van der Waals surface area contributed by atoms with E-state index in [2.05, 4.69) is 0 Å². The van der Waals surface area contributed by atoms with Crippen molar-refractivity contribution in [2.75, 3.05) is 0 Å². The lowest BCUT2D eigenvalue weighted by atomic mass is 11.1. The van der Waals surface area contributed by atoms with E-state index in [0.717, 1.165) is 0 Å². The Balaban J connectivity index is 3.08. The molecule has 0 saturated heterocycles. The van der Waals surface area contributed by atoms with Gasteiger partial charge in [-0.15, -0.1) is 0 Å². The average Bonchev–Trinajstić information content (AvgIpc) is 2.11. The van der Waals surface area contributed by atoms with Crippen LogP contribution in [0.1, 0.15) is 0 Å². The second kappa shape index (κ2) is 1.44. The molecule has 0 aliphatic carbocycles. The second-order valence-corrected chi connectivity index (χ2v) is 7.91. The van der Waals surface area contributed by atoms with Crippen LogP contribution in [0.25, 0.3) is 0 Å². The van der Waals surface area contributed by atoms with Gasteiger partial charge in [0, 0.05) is 0 Å². The van der Waals surface area contributed by atoms with Gasteiger partial charge in [0.25, 0.3) is 0 Å². The Morgan fingerprint density at radius 3 is 1.44 bits per heavy atom. The van der Waals surface area contributed by atoms with Crippen molar-refractivity contribution in [3.05, 3.63) is 20.7 Å². The molecule has 0 N–H and O–H groups in total. The van der Waals surface area contributed by atoms with Crippen molar-refractivity contribution in [3.8, 4) is 0 Å². The molecule has 0 unspecified atom stereocenters. The first-order chi connectivity index (χ1) is 3.94. The van der Waals surface area contributed by atoms with Gasteiger partial charge in [-0.2, -0.15) is 0 Å². The molecular formula is C5H9NO2Si. The van der Waals surface area contributed by atoms with Crippen molar-refractivity contribution < 1.29 is 0 Å². The maximum atomic E-state index is 10.5. The van der Waals surface area contributed by atoms with Crippen molar-refractivity contribution in [2.45, 2.75) is 19.6 Å². The molecule has 9 heavy (non-hydrogen) atoms. The summed E-state index contributed by atoms with van der Waals surface area (Å²) in [5.74, 6) is 0. The van der Waals surface area contributed by atoms with Crippen LogP contribution >= 0.6 is 0 Å². The van der Waals surface area contributed by atoms with Crippen LogP contribution in [-0.2, 0) is 0 Å². The monoisotopic (exact) mass is 143 g/mol. The number of nitrogens with zero attached hydrogens (tertiary/aromatic N) is 1. The third-order valence-electron chi connectivity index (χ3n) is 1.21. The Morgan fingerprint density at radius 1 is 1.11 bits per heavy atom. The normalized spacial score (nSPS) is 12.8. The van der Waals surface area contributed by atoms with Gasteiger partial charge in [-0.05, 0) is 0 Å². The lowest BCUT2D eigenvalue weighted by molar-refractivity contribution is 1.25. The second-order valence-electron chi connectivity index (χ2n) is 3.12. The van der Waals surface area contributed by atoms with Gasteiger partial charge >= 0.3 is 11.1 Å². The van der Waals surface area contributed by atoms with Crippen molar-refractivity contribution >= 4 is 8.24 Å². The number of aromatic nitrogens is 1. The summed E-state index contributed by atoms with van der Waals surface area (Å²) in [5.41, 5.74) is -0.594. The molecule has 0 spiro atoms. The first-order valence-electron chi connectivity index (χ1n) is 2.83. The molecule has 50 valence electrons. The van der Waals surface area contributed by atoms with Crippen LogP contribution < -0.4 is 11.1 Å². The Morgan fingerprint density at radius 2 is 1.44 bits per heavy atom. The van der Waals surface area contributed by atoms with Crippen LogP contribution in [0.4, 0.5) is 0 Å². The quantitative estimate of drug-likeness (QED) is 0.402. The lowest BCUT2D eigenvalue weighted by Crippen LogP contribution is -2.31. The lowest BCUT2D eigenvalue weighted by Gasteiger charge is -2.07. The van der Waals surface area contributed by atoms with Crippen molar-refractivity contribution in [2.24, 2.45) is 0 Å². The molecule has 0 atom stereocenters. The van der Waals surface area contributed by atoms with Gasteiger partial charge in [0.2, 0.25) is 0 Å². The molecular weight excluding hydrogens is 134 g/mol. The third-order valence-corrected chi connectivity index (χ3v) is 2.96. The Labute approximate surface area is 53.7 Å². The fourth-order valence-electron chi connectivity index (χ4n) is 0.744.